The van der Waals surface area contributed by atoms with E-state index in [0.29, 0.717) is 19.5 Å². The Morgan fingerprint density at radius 3 is 2.55 bits per heavy atom. The van der Waals surface area contributed by atoms with E-state index in [2.05, 4.69) is 5.32 Å². The maximum Gasteiger partial charge on any atom is 0.239 e. The Morgan fingerprint density at radius 1 is 1.14 bits per heavy atom. The number of carbonyl (C=O) groups is 3. The molecule has 0 atom stereocenters. The number of rotatable bonds is 3. The van der Waals surface area contributed by atoms with Gasteiger partial charge in [-0.1, -0.05) is 12.1 Å². The van der Waals surface area contributed by atoms with E-state index in [9.17, 15) is 14.4 Å². The molecule has 1 aromatic rings. The van der Waals surface area contributed by atoms with Gasteiger partial charge in [-0.25, -0.2) is 0 Å². The van der Waals surface area contributed by atoms with Crippen molar-refractivity contribution < 1.29 is 14.4 Å². The summed E-state index contributed by atoms with van der Waals surface area (Å²) in [5.74, 6) is 0.00509. The molecule has 2 fully saturated rings. The first kappa shape index (κ1) is 14.6. The third-order valence-corrected chi connectivity index (χ3v) is 4.07. The molecule has 0 spiro atoms. The maximum atomic E-state index is 12.2. The average Bonchev–Trinajstić information content (AvgIpc) is 2.94. The van der Waals surface area contributed by atoms with E-state index in [1.165, 1.54) is 0 Å². The van der Waals surface area contributed by atoms with E-state index in [4.69, 9.17) is 0 Å². The van der Waals surface area contributed by atoms with Gasteiger partial charge in [-0.3, -0.25) is 14.4 Å². The van der Waals surface area contributed by atoms with E-state index >= 15 is 0 Å². The van der Waals surface area contributed by atoms with Crippen LogP contribution in [0.5, 0.6) is 0 Å². The molecule has 22 heavy (non-hydrogen) atoms. The van der Waals surface area contributed by atoms with Crippen molar-refractivity contribution in [3.05, 3.63) is 29.8 Å². The highest BCUT2D eigenvalue weighted by molar-refractivity contribution is 5.95. The highest BCUT2D eigenvalue weighted by Gasteiger charge is 2.23. The Balaban J connectivity index is 1.62. The van der Waals surface area contributed by atoms with Crippen LogP contribution in [0.2, 0.25) is 0 Å². The molecule has 2 saturated heterocycles. The summed E-state index contributed by atoms with van der Waals surface area (Å²) < 4.78 is 0. The Labute approximate surface area is 129 Å². The van der Waals surface area contributed by atoms with Gasteiger partial charge in [0.05, 0.1) is 13.0 Å². The van der Waals surface area contributed by atoms with Crippen molar-refractivity contribution in [1.29, 1.82) is 0 Å². The molecule has 3 amide bonds. The van der Waals surface area contributed by atoms with Crippen LogP contribution < -0.4 is 10.2 Å². The number of benzene rings is 1. The van der Waals surface area contributed by atoms with Gasteiger partial charge in [0.25, 0.3) is 0 Å². The molecule has 6 heteroatoms. The lowest BCUT2D eigenvalue weighted by Crippen LogP contribution is -2.50. The Kier molecular flexibility index (Phi) is 4.09. The predicted molar refractivity (Wildman–Crippen MR) is 81.3 cm³/mol. The van der Waals surface area contributed by atoms with E-state index in [-0.39, 0.29) is 30.7 Å². The minimum atomic E-state index is -0.109. The number of nitrogens with one attached hydrogen (secondary N) is 1. The zero-order valence-corrected chi connectivity index (χ0v) is 12.4. The molecule has 0 aromatic heterocycles. The van der Waals surface area contributed by atoms with Gasteiger partial charge in [0.1, 0.15) is 0 Å². The van der Waals surface area contributed by atoms with Gasteiger partial charge in [0, 0.05) is 31.7 Å². The third kappa shape index (κ3) is 3.10. The van der Waals surface area contributed by atoms with Crippen molar-refractivity contribution in [2.24, 2.45) is 0 Å². The highest BCUT2D eigenvalue weighted by atomic mass is 16.2. The minimum absolute atomic E-state index is 0.0418. The van der Waals surface area contributed by atoms with Crippen molar-refractivity contribution in [3.8, 4) is 0 Å². The SMILES string of the molecule is O=C1CN(C(=O)Cc2ccc(N3CCCC3=O)cc2)CCN1. The summed E-state index contributed by atoms with van der Waals surface area (Å²) in [4.78, 5) is 38.6. The van der Waals surface area contributed by atoms with E-state index in [0.717, 1.165) is 24.2 Å². The summed E-state index contributed by atoms with van der Waals surface area (Å²) in [5.41, 5.74) is 1.78. The number of anilines is 1. The topological polar surface area (TPSA) is 69.7 Å². The second-order valence-corrected chi connectivity index (χ2v) is 5.66. The van der Waals surface area contributed by atoms with Crippen molar-refractivity contribution in [2.75, 3.05) is 31.1 Å². The van der Waals surface area contributed by atoms with Gasteiger partial charge in [-0.2, -0.15) is 0 Å². The van der Waals surface area contributed by atoms with Gasteiger partial charge in [0.15, 0.2) is 0 Å². The predicted octanol–water partition coefficient (Wildman–Crippen LogP) is 0.314. The van der Waals surface area contributed by atoms with Gasteiger partial charge in [-0.15, -0.1) is 0 Å². The number of nitrogens with zero attached hydrogens (tertiary/aromatic N) is 2. The van der Waals surface area contributed by atoms with Crippen LogP contribution >= 0.6 is 0 Å². The Bertz CT molecular complexity index is 597. The molecular formula is C16H19N3O3. The molecule has 0 saturated carbocycles. The molecule has 2 aliphatic heterocycles. The first-order chi connectivity index (χ1) is 10.6. The van der Waals surface area contributed by atoms with E-state index in [1.807, 2.05) is 24.3 Å². The van der Waals surface area contributed by atoms with Crippen LogP contribution in [0.1, 0.15) is 18.4 Å². The van der Waals surface area contributed by atoms with Gasteiger partial charge < -0.3 is 15.1 Å². The summed E-state index contributed by atoms with van der Waals surface area (Å²) >= 11 is 0. The molecule has 0 bridgehead atoms. The van der Waals surface area contributed by atoms with Crippen LogP contribution in [0.15, 0.2) is 24.3 Å². The largest absolute Gasteiger partial charge is 0.353 e. The summed E-state index contributed by atoms with van der Waals surface area (Å²) in [7, 11) is 0. The first-order valence-electron chi connectivity index (χ1n) is 7.57. The molecule has 1 N–H and O–H groups in total. The third-order valence-electron chi connectivity index (χ3n) is 4.07. The molecule has 116 valence electrons. The summed E-state index contributed by atoms with van der Waals surface area (Å²) in [6, 6.07) is 7.52. The maximum absolute atomic E-state index is 12.2. The quantitative estimate of drug-likeness (QED) is 0.874. The number of amides is 3. The second kappa shape index (κ2) is 6.17. The van der Waals surface area contributed by atoms with Gasteiger partial charge in [-0.05, 0) is 24.1 Å². The van der Waals surface area contributed by atoms with Crippen molar-refractivity contribution in [1.82, 2.24) is 10.2 Å². The fourth-order valence-electron chi connectivity index (χ4n) is 2.85. The van der Waals surface area contributed by atoms with Crippen LogP contribution in [0.25, 0.3) is 0 Å². The first-order valence-corrected chi connectivity index (χ1v) is 7.57. The van der Waals surface area contributed by atoms with Crippen LogP contribution in [0.4, 0.5) is 5.69 Å². The highest BCUT2D eigenvalue weighted by Crippen LogP contribution is 2.21. The molecule has 1 aromatic carbocycles. The summed E-state index contributed by atoms with van der Waals surface area (Å²) in [6.45, 7) is 1.98. The lowest BCUT2D eigenvalue weighted by molar-refractivity contribution is -0.137. The minimum Gasteiger partial charge on any atom is -0.353 e. The fraction of sp³-hybridized carbons (Fsp3) is 0.438. The molecule has 2 heterocycles. The number of hydrogen-bond acceptors (Lipinski definition) is 3. The zero-order valence-electron chi connectivity index (χ0n) is 12.4. The van der Waals surface area contributed by atoms with Crippen LogP contribution in [-0.4, -0.2) is 48.8 Å². The van der Waals surface area contributed by atoms with Crippen LogP contribution in [0.3, 0.4) is 0 Å². The zero-order chi connectivity index (χ0) is 15.5. The lowest BCUT2D eigenvalue weighted by atomic mass is 10.1. The Hall–Kier alpha value is -2.37. The number of carbonyl (C=O) groups excluding carboxylic acids is 3. The normalized spacial score (nSPS) is 18.5. The number of piperazine rings is 1. The Morgan fingerprint density at radius 2 is 1.91 bits per heavy atom. The fourth-order valence-corrected chi connectivity index (χ4v) is 2.85. The monoisotopic (exact) mass is 301 g/mol. The standard InChI is InChI=1S/C16H19N3O3/c20-14-11-18(9-7-17-14)16(22)10-12-3-5-13(6-4-12)19-8-1-2-15(19)21/h3-6H,1-2,7-11H2,(H,17,20). The molecule has 3 rings (SSSR count). The molecular weight excluding hydrogens is 282 g/mol. The van der Waals surface area contributed by atoms with Crippen molar-refractivity contribution >= 4 is 23.4 Å². The summed E-state index contributed by atoms with van der Waals surface area (Å²) in [6.07, 6.45) is 1.79. The van der Waals surface area contributed by atoms with E-state index in [1.54, 1.807) is 9.80 Å². The summed E-state index contributed by atoms with van der Waals surface area (Å²) in [5, 5.41) is 2.70. The van der Waals surface area contributed by atoms with Crippen LogP contribution in [-0.2, 0) is 20.8 Å². The number of hydrogen-bond donors (Lipinski definition) is 1. The van der Waals surface area contributed by atoms with Crippen molar-refractivity contribution in [2.45, 2.75) is 19.3 Å². The average molecular weight is 301 g/mol. The van der Waals surface area contributed by atoms with Crippen molar-refractivity contribution in [3.63, 3.8) is 0 Å². The molecule has 0 radical (unpaired) electrons. The lowest BCUT2D eigenvalue weighted by Gasteiger charge is -2.26. The van der Waals surface area contributed by atoms with E-state index < -0.39 is 0 Å². The smallest absolute Gasteiger partial charge is 0.239 e. The molecule has 2 aliphatic rings. The molecule has 0 aliphatic carbocycles. The van der Waals surface area contributed by atoms with Crippen LogP contribution in [0, 0.1) is 0 Å². The van der Waals surface area contributed by atoms with Gasteiger partial charge >= 0.3 is 0 Å². The van der Waals surface area contributed by atoms with Gasteiger partial charge in [0.2, 0.25) is 17.7 Å². The second-order valence-electron chi connectivity index (χ2n) is 5.66. The molecule has 0 unspecified atom stereocenters. The molecule has 6 nitrogen and oxygen atoms in total.